The van der Waals surface area contributed by atoms with Gasteiger partial charge in [-0.25, -0.2) is 0 Å². The molecule has 10 rings (SSSR count). The second kappa shape index (κ2) is 11.5. The van der Waals surface area contributed by atoms with Crippen molar-refractivity contribution in [1.29, 1.82) is 0 Å². The molecule has 0 aliphatic carbocycles. The Hall–Kier alpha value is -6.03. The van der Waals surface area contributed by atoms with Gasteiger partial charge in [-0.15, -0.1) is 0 Å². The topological polar surface area (TPSA) is 16.4 Å². The van der Waals surface area contributed by atoms with Crippen molar-refractivity contribution in [1.82, 2.24) is 0 Å². The highest BCUT2D eigenvalue weighted by molar-refractivity contribution is 8.33. The lowest BCUT2D eigenvalue weighted by Crippen LogP contribution is -2.10. The smallest absolute Gasteiger partial charge is 0.144 e. The molecule has 51 heavy (non-hydrogen) atoms. The third-order valence-corrected chi connectivity index (χ3v) is 13.4. The number of furan rings is 1. The van der Waals surface area contributed by atoms with Crippen molar-refractivity contribution in [2.45, 2.75) is 9.79 Å². The number of benzene rings is 8. The number of anilines is 3. The van der Waals surface area contributed by atoms with Crippen LogP contribution in [0.5, 0.6) is 0 Å². The maximum atomic E-state index is 6.67. The van der Waals surface area contributed by atoms with Gasteiger partial charge in [0.05, 0.1) is 0 Å². The van der Waals surface area contributed by atoms with E-state index in [-0.39, 0.29) is 0 Å². The van der Waals surface area contributed by atoms with E-state index in [0.717, 1.165) is 28.2 Å². The summed E-state index contributed by atoms with van der Waals surface area (Å²) in [5.74, 6) is 0. The first-order chi connectivity index (χ1) is 25.0. The third-order valence-electron chi connectivity index (χ3n) is 10.5. The average molecular weight is 674 g/mol. The van der Waals surface area contributed by atoms with Crippen LogP contribution in [0.2, 0.25) is 0 Å². The van der Waals surface area contributed by atoms with E-state index in [1.54, 1.807) is 0 Å². The number of rotatable bonds is 5. The van der Waals surface area contributed by atoms with E-state index in [9.17, 15) is 0 Å². The molecule has 9 aromatic rings. The van der Waals surface area contributed by atoms with Crippen LogP contribution in [0.3, 0.4) is 0 Å². The van der Waals surface area contributed by atoms with E-state index in [2.05, 4.69) is 193 Å². The molecule has 1 aromatic heterocycles. The van der Waals surface area contributed by atoms with E-state index in [1.807, 2.05) is 0 Å². The zero-order valence-corrected chi connectivity index (χ0v) is 29.3. The molecule has 0 radical (unpaired) electrons. The minimum atomic E-state index is -1.24. The molecule has 8 aromatic carbocycles. The second-order valence-electron chi connectivity index (χ2n) is 13.8. The first-order valence-corrected chi connectivity index (χ1v) is 19.8. The molecule has 2 heterocycles. The highest BCUT2D eigenvalue weighted by Crippen LogP contribution is 2.69. The standard InChI is InChI=1S/C48H35NOS/c1-51(2)45-27-25-40(31-43(45)47-46(51)28-26-42-41-17-8-9-18-44(41)50-48(42)47)49(38-23-21-34(22-24-38)32-11-4-3-5-12-32)39-16-10-15-36(30-39)37-20-19-33-13-6-7-14-35(33)29-37/h3-31H,1-2H3. The molecule has 1 aliphatic heterocycles. The lowest BCUT2D eigenvalue weighted by Gasteiger charge is -2.29. The summed E-state index contributed by atoms with van der Waals surface area (Å²) in [6, 6.07) is 63.9. The zero-order valence-electron chi connectivity index (χ0n) is 28.5. The SMILES string of the molecule is CS1(C)c2ccc(N(c3ccc(-c4ccccc4)cc3)c3cccc(-c4ccc5ccccc5c4)c3)cc2-c2c1ccc1c2oc2ccccc21. The van der Waals surface area contributed by atoms with E-state index >= 15 is 0 Å². The Kier molecular flexibility index (Phi) is 6.74. The van der Waals surface area contributed by atoms with Gasteiger partial charge in [-0.05, 0) is 112 Å². The van der Waals surface area contributed by atoms with Gasteiger partial charge < -0.3 is 9.32 Å². The second-order valence-corrected chi connectivity index (χ2v) is 17.3. The molecule has 0 atom stereocenters. The molecule has 3 heteroatoms. The van der Waals surface area contributed by atoms with Crippen molar-refractivity contribution in [2.75, 3.05) is 17.4 Å². The van der Waals surface area contributed by atoms with Crippen LogP contribution >= 0.6 is 10.0 Å². The fourth-order valence-electron chi connectivity index (χ4n) is 7.94. The quantitative estimate of drug-likeness (QED) is 0.181. The van der Waals surface area contributed by atoms with Crippen LogP contribution in [0.1, 0.15) is 0 Å². The van der Waals surface area contributed by atoms with Gasteiger partial charge >= 0.3 is 0 Å². The maximum Gasteiger partial charge on any atom is 0.144 e. The van der Waals surface area contributed by atoms with Gasteiger partial charge in [-0.2, -0.15) is 10.0 Å². The summed E-state index contributed by atoms with van der Waals surface area (Å²) in [5.41, 5.74) is 12.6. The highest BCUT2D eigenvalue weighted by Gasteiger charge is 2.35. The van der Waals surface area contributed by atoms with Gasteiger partial charge in [0.15, 0.2) is 0 Å². The molecule has 0 N–H and O–H groups in total. The number of para-hydroxylation sites is 1. The van der Waals surface area contributed by atoms with E-state index < -0.39 is 10.0 Å². The Morgan fingerprint density at radius 3 is 1.94 bits per heavy atom. The van der Waals surface area contributed by atoms with E-state index in [4.69, 9.17) is 4.42 Å². The Balaban J connectivity index is 1.16. The minimum Gasteiger partial charge on any atom is -0.455 e. The molecular formula is C48H35NOS. The summed E-state index contributed by atoms with van der Waals surface area (Å²) in [4.78, 5) is 5.19. The van der Waals surface area contributed by atoms with Crippen LogP contribution in [0.15, 0.2) is 190 Å². The van der Waals surface area contributed by atoms with E-state index in [1.165, 1.54) is 64.7 Å². The molecule has 0 saturated carbocycles. The first-order valence-electron chi connectivity index (χ1n) is 17.4. The monoisotopic (exact) mass is 673 g/mol. The number of hydrogen-bond acceptors (Lipinski definition) is 2. The molecule has 0 amide bonds. The number of nitrogens with zero attached hydrogens (tertiary/aromatic N) is 1. The Bertz CT molecular complexity index is 2780. The summed E-state index contributed by atoms with van der Waals surface area (Å²) >= 11 is 0. The van der Waals surface area contributed by atoms with Crippen molar-refractivity contribution < 1.29 is 4.42 Å². The van der Waals surface area contributed by atoms with Crippen LogP contribution in [0, 0.1) is 0 Å². The Morgan fingerprint density at radius 1 is 0.431 bits per heavy atom. The largest absolute Gasteiger partial charge is 0.455 e. The molecule has 0 fully saturated rings. The van der Waals surface area contributed by atoms with Gasteiger partial charge in [0.2, 0.25) is 0 Å². The van der Waals surface area contributed by atoms with Crippen LogP contribution in [-0.4, -0.2) is 12.5 Å². The Labute approximate surface area is 299 Å². The molecule has 0 saturated heterocycles. The van der Waals surface area contributed by atoms with Crippen LogP contribution in [0.25, 0.3) is 66.1 Å². The summed E-state index contributed by atoms with van der Waals surface area (Å²) in [6.45, 7) is 0. The van der Waals surface area contributed by atoms with Crippen molar-refractivity contribution in [3.05, 3.63) is 176 Å². The van der Waals surface area contributed by atoms with Gasteiger partial charge in [0.1, 0.15) is 11.2 Å². The third kappa shape index (κ3) is 4.80. The molecule has 0 spiro atoms. The van der Waals surface area contributed by atoms with Crippen molar-refractivity contribution in [3.63, 3.8) is 0 Å². The van der Waals surface area contributed by atoms with Crippen LogP contribution in [-0.2, 0) is 0 Å². The van der Waals surface area contributed by atoms with E-state index in [0.29, 0.717) is 0 Å². The van der Waals surface area contributed by atoms with Crippen LogP contribution in [0.4, 0.5) is 17.1 Å². The molecule has 2 nitrogen and oxygen atoms in total. The average Bonchev–Trinajstić information content (AvgIpc) is 3.67. The Morgan fingerprint density at radius 2 is 1.08 bits per heavy atom. The molecule has 1 aliphatic rings. The lowest BCUT2D eigenvalue weighted by atomic mass is 9.99. The molecule has 244 valence electrons. The maximum absolute atomic E-state index is 6.67. The van der Waals surface area contributed by atoms with Gasteiger partial charge in [0.25, 0.3) is 0 Å². The fourth-order valence-corrected chi connectivity index (χ4v) is 10.4. The van der Waals surface area contributed by atoms with Gasteiger partial charge in [0, 0.05) is 48.8 Å². The van der Waals surface area contributed by atoms with Crippen molar-refractivity contribution in [2.24, 2.45) is 0 Å². The first kappa shape index (κ1) is 29.8. The van der Waals surface area contributed by atoms with Crippen molar-refractivity contribution >= 4 is 59.8 Å². The van der Waals surface area contributed by atoms with Crippen molar-refractivity contribution in [3.8, 4) is 33.4 Å². The van der Waals surface area contributed by atoms with Gasteiger partial charge in [-0.1, -0.05) is 109 Å². The zero-order chi connectivity index (χ0) is 34.1. The van der Waals surface area contributed by atoms with Gasteiger partial charge in [-0.3, -0.25) is 0 Å². The summed E-state index contributed by atoms with van der Waals surface area (Å²) in [6.07, 6.45) is 4.83. The molecular weight excluding hydrogens is 639 g/mol. The summed E-state index contributed by atoms with van der Waals surface area (Å²) in [5, 5.41) is 4.83. The predicted octanol–water partition coefficient (Wildman–Crippen LogP) is 14.0. The van der Waals surface area contributed by atoms with Crippen LogP contribution < -0.4 is 4.90 Å². The highest BCUT2D eigenvalue weighted by atomic mass is 32.3. The summed E-state index contributed by atoms with van der Waals surface area (Å²) < 4.78 is 6.67. The minimum absolute atomic E-state index is 0.934. The summed E-state index contributed by atoms with van der Waals surface area (Å²) in [7, 11) is -1.24. The number of hydrogen-bond donors (Lipinski definition) is 0. The fraction of sp³-hybridized carbons (Fsp3) is 0.0417. The predicted molar refractivity (Wildman–Crippen MR) is 218 cm³/mol. The normalized spacial score (nSPS) is 13.7. The molecule has 0 bridgehead atoms. The lowest BCUT2D eigenvalue weighted by molar-refractivity contribution is 0.669. The molecule has 0 unspecified atom stereocenters. The number of fused-ring (bicyclic) bond motifs is 8.